The summed E-state index contributed by atoms with van der Waals surface area (Å²) in [7, 11) is 0. The van der Waals surface area contributed by atoms with Crippen molar-refractivity contribution >= 4 is 29.3 Å². The number of hydrogen-bond donors (Lipinski definition) is 2. The molecule has 2 amide bonds. The smallest absolute Gasteiger partial charge is 0.475 e. The minimum Gasteiger partial charge on any atom is -0.475 e. The van der Waals surface area contributed by atoms with Crippen molar-refractivity contribution in [3.05, 3.63) is 101 Å². The summed E-state index contributed by atoms with van der Waals surface area (Å²) in [5.74, 6) is -2.29. The molecule has 1 aliphatic rings. The Morgan fingerprint density at radius 3 is 2.10 bits per heavy atom. The number of anilines is 1. The van der Waals surface area contributed by atoms with Crippen molar-refractivity contribution in [2.24, 2.45) is 5.92 Å². The van der Waals surface area contributed by atoms with Crippen molar-refractivity contribution in [1.29, 1.82) is 0 Å². The molecule has 1 heterocycles. The summed E-state index contributed by atoms with van der Waals surface area (Å²) >= 11 is 5.96. The first-order chi connectivity index (χ1) is 20.0. The topological polar surface area (TPSA) is 72.9 Å². The minimum atomic E-state index is -5.08. The monoisotopic (exact) mass is 607 g/mol. The lowest BCUT2D eigenvalue weighted by molar-refractivity contribution is -0.192. The number of hydrogen-bond acceptors (Lipinski definition) is 3. The summed E-state index contributed by atoms with van der Waals surface area (Å²) in [5, 5.41) is 10.7. The Morgan fingerprint density at radius 2 is 1.52 bits per heavy atom. The Kier molecular flexibility index (Phi) is 12.6. The molecular formula is C31H34ClF4N3O3. The van der Waals surface area contributed by atoms with Crippen molar-refractivity contribution < 1.29 is 32.3 Å². The van der Waals surface area contributed by atoms with Gasteiger partial charge in [-0.05, 0) is 98.8 Å². The summed E-state index contributed by atoms with van der Waals surface area (Å²) in [6.07, 6.45) is -0.611. The number of alkyl halides is 3. The number of amides is 2. The number of likely N-dealkylation sites (tertiary alicyclic amines) is 1. The number of nitrogens with zero attached hydrogens (tertiary/aromatic N) is 2. The van der Waals surface area contributed by atoms with E-state index in [1.807, 2.05) is 0 Å². The van der Waals surface area contributed by atoms with Gasteiger partial charge in [-0.1, -0.05) is 54.1 Å². The number of aliphatic carboxylic acids is 1. The van der Waals surface area contributed by atoms with Crippen LogP contribution in [-0.2, 0) is 17.8 Å². The van der Waals surface area contributed by atoms with E-state index in [-0.39, 0.29) is 11.8 Å². The van der Waals surface area contributed by atoms with E-state index in [1.54, 1.807) is 41.3 Å². The Hall–Kier alpha value is -3.63. The minimum absolute atomic E-state index is 0.168. The Morgan fingerprint density at radius 1 is 0.929 bits per heavy atom. The molecule has 0 aromatic heterocycles. The van der Waals surface area contributed by atoms with Gasteiger partial charge in [0.15, 0.2) is 0 Å². The van der Waals surface area contributed by atoms with Gasteiger partial charge in [-0.2, -0.15) is 13.2 Å². The normalized spacial score (nSPS) is 14.0. The third-order valence-electron chi connectivity index (χ3n) is 6.89. The molecule has 0 bridgehead atoms. The van der Waals surface area contributed by atoms with Crippen LogP contribution in [0.1, 0.15) is 30.4 Å². The number of benzene rings is 3. The number of carboxylic acids is 1. The Bertz CT molecular complexity index is 1250. The van der Waals surface area contributed by atoms with Gasteiger partial charge in [0.25, 0.3) is 0 Å². The van der Waals surface area contributed by atoms with Crippen LogP contribution in [0.5, 0.6) is 0 Å². The molecule has 4 rings (SSSR count). The summed E-state index contributed by atoms with van der Waals surface area (Å²) < 4.78 is 45.1. The zero-order chi connectivity index (χ0) is 30.5. The lowest BCUT2D eigenvalue weighted by Gasteiger charge is -2.32. The fourth-order valence-electron chi connectivity index (χ4n) is 4.65. The van der Waals surface area contributed by atoms with E-state index < -0.39 is 12.1 Å². The molecule has 0 atom stereocenters. The highest BCUT2D eigenvalue weighted by atomic mass is 35.5. The maximum Gasteiger partial charge on any atom is 0.490 e. The van der Waals surface area contributed by atoms with E-state index in [2.05, 4.69) is 40.5 Å². The number of carbonyl (C=O) groups excluding carboxylic acids is 1. The number of nitrogens with one attached hydrogen (secondary N) is 1. The van der Waals surface area contributed by atoms with Gasteiger partial charge in [0.05, 0.1) is 0 Å². The number of halogens is 5. The molecule has 1 saturated heterocycles. The summed E-state index contributed by atoms with van der Waals surface area (Å²) in [5.41, 5.74) is 3.03. The number of carbonyl (C=O) groups is 2. The number of urea groups is 1. The summed E-state index contributed by atoms with van der Waals surface area (Å²) in [6.45, 7) is 4.23. The van der Waals surface area contributed by atoms with Crippen LogP contribution >= 0.6 is 11.6 Å². The van der Waals surface area contributed by atoms with Crippen molar-refractivity contribution in [2.45, 2.75) is 38.4 Å². The number of carboxylic acid groups (broad SMARTS) is 1. The summed E-state index contributed by atoms with van der Waals surface area (Å²) in [4.78, 5) is 26.3. The van der Waals surface area contributed by atoms with Gasteiger partial charge in [-0.3, -0.25) is 0 Å². The molecule has 2 N–H and O–H groups in total. The van der Waals surface area contributed by atoms with Gasteiger partial charge in [-0.25, -0.2) is 14.0 Å². The van der Waals surface area contributed by atoms with E-state index >= 15 is 0 Å². The largest absolute Gasteiger partial charge is 0.490 e. The highest BCUT2D eigenvalue weighted by molar-refractivity contribution is 6.30. The van der Waals surface area contributed by atoms with Gasteiger partial charge in [-0.15, -0.1) is 0 Å². The van der Waals surface area contributed by atoms with Crippen LogP contribution in [0.4, 0.5) is 28.0 Å². The fraction of sp³-hybridized carbons (Fsp3) is 0.355. The third kappa shape index (κ3) is 11.7. The molecule has 6 nitrogen and oxygen atoms in total. The fourth-order valence-corrected chi connectivity index (χ4v) is 4.77. The van der Waals surface area contributed by atoms with E-state index in [1.165, 1.54) is 30.5 Å². The first-order valence-corrected chi connectivity index (χ1v) is 14.0. The average molecular weight is 608 g/mol. The highest BCUT2D eigenvalue weighted by Crippen LogP contribution is 2.22. The maximum atomic E-state index is 13.4. The zero-order valence-corrected chi connectivity index (χ0v) is 23.8. The molecule has 11 heteroatoms. The molecule has 3 aromatic rings. The predicted octanol–water partition coefficient (Wildman–Crippen LogP) is 7.49. The second kappa shape index (κ2) is 16.1. The molecular weight excluding hydrogens is 574 g/mol. The van der Waals surface area contributed by atoms with Crippen LogP contribution in [0, 0.1) is 11.7 Å². The molecule has 42 heavy (non-hydrogen) atoms. The van der Waals surface area contributed by atoms with Crippen LogP contribution in [-0.4, -0.2) is 59.3 Å². The van der Waals surface area contributed by atoms with Gasteiger partial charge in [0.1, 0.15) is 5.82 Å². The van der Waals surface area contributed by atoms with Crippen molar-refractivity contribution in [3.63, 3.8) is 0 Å². The molecule has 0 aliphatic carbocycles. The molecule has 3 aromatic carbocycles. The van der Waals surface area contributed by atoms with E-state index in [9.17, 15) is 22.4 Å². The quantitative estimate of drug-likeness (QED) is 0.247. The standard InChI is InChI=1S/C29H33ClFN3O.C2HF3O2/c30-26-9-13-28(14-10-26)32-29(35)34(22-25-7-11-27(31)12-8-25)18-4-17-33-19-15-24(16-20-33)21-23-5-2-1-3-6-23;3-2(4,5)1(6)7/h1-3,5-14,24H,4,15-22H2,(H,32,35);(H,6,7). The van der Waals surface area contributed by atoms with Crippen molar-refractivity contribution in [3.8, 4) is 0 Å². The van der Waals surface area contributed by atoms with Gasteiger partial charge in [0.2, 0.25) is 0 Å². The van der Waals surface area contributed by atoms with Crippen LogP contribution in [0.3, 0.4) is 0 Å². The van der Waals surface area contributed by atoms with E-state index in [0.29, 0.717) is 23.8 Å². The van der Waals surface area contributed by atoms with E-state index in [0.717, 1.165) is 44.0 Å². The lowest BCUT2D eigenvalue weighted by atomic mass is 9.90. The highest BCUT2D eigenvalue weighted by Gasteiger charge is 2.38. The first kappa shape index (κ1) is 32.9. The first-order valence-electron chi connectivity index (χ1n) is 13.6. The molecule has 0 spiro atoms. The van der Waals surface area contributed by atoms with Gasteiger partial charge >= 0.3 is 18.2 Å². The predicted molar refractivity (Wildman–Crippen MR) is 155 cm³/mol. The van der Waals surface area contributed by atoms with Crippen LogP contribution < -0.4 is 5.32 Å². The van der Waals surface area contributed by atoms with Crippen LogP contribution in [0.2, 0.25) is 5.02 Å². The second-order valence-electron chi connectivity index (χ2n) is 10.1. The SMILES string of the molecule is O=C(Nc1ccc(Cl)cc1)N(CCCN1CCC(Cc2ccccc2)CC1)Cc1ccc(F)cc1.O=C(O)C(F)(F)F. The number of rotatable bonds is 9. The zero-order valence-electron chi connectivity index (χ0n) is 23.0. The Balaban J connectivity index is 0.000000616. The molecule has 0 radical (unpaired) electrons. The van der Waals surface area contributed by atoms with Crippen LogP contribution in [0.15, 0.2) is 78.9 Å². The molecule has 0 unspecified atom stereocenters. The lowest BCUT2D eigenvalue weighted by Crippen LogP contribution is -2.39. The third-order valence-corrected chi connectivity index (χ3v) is 7.14. The average Bonchev–Trinajstić information content (AvgIpc) is 2.96. The molecule has 0 saturated carbocycles. The maximum absolute atomic E-state index is 13.4. The second-order valence-corrected chi connectivity index (χ2v) is 10.6. The molecule has 1 fully saturated rings. The molecule has 1 aliphatic heterocycles. The van der Waals surface area contributed by atoms with Crippen LogP contribution in [0.25, 0.3) is 0 Å². The number of piperidine rings is 1. The van der Waals surface area contributed by atoms with Gasteiger partial charge in [0, 0.05) is 23.8 Å². The van der Waals surface area contributed by atoms with E-state index in [4.69, 9.17) is 21.5 Å². The van der Waals surface area contributed by atoms with Gasteiger partial charge < -0.3 is 20.2 Å². The van der Waals surface area contributed by atoms with Crippen molar-refractivity contribution in [2.75, 3.05) is 31.5 Å². The Labute approximate surface area is 247 Å². The summed E-state index contributed by atoms with van der Waals surface area (Å²) in [6, 6.07) is 24.0. The van der Waals surface area contributed by atoms with Crippen molar-refractivity contribution in [1.82, 2.24) is 9.80 Å². The molecule has 226 valence electrons.